The van der Waals surface area contributed by atoms with Crippen LogP contribution in [-0.4, -0.2) is 91.9 Å². The molecule has 0 aromatic heterocycles. The molecule has 0 aliphatic rings. The summed E-state index contributed by atoms with van der Waals surface area (Å²) in [6, 6.07) is 0. The van der Waals surface area contributed by atoms with Gasteiger partial charge in [0.15, 0.2) is 0 Å². The Morgan fingerprint density at radius 2 is 0.400 bits per heavy atom. The quantitative estimate of drug-likeness (QED) is 0.311. The number of hydrogen-bond acceptors (Lipinski definition) is 0. The Kier molecular flexibility index (Phi) is 341. The largest absolute Gasteiger partial charge is 0.412 e. The van der Waals surface area contributed by atoms with E-state index in [1.165, 1.54) is 0 Å². The topological polar surface area (TPSA) is 94.5 Å². The summed E-state index contributed by atoms with van der Waals surface area (Å²) in [6.45, 7) is 0. The van der Waals surface area contributed by atoms with Gasteiger partial charge in [-0.15, -0.1) is 0 Å². The van der Waals surface area contributed by atoms with Gasteiger partial charge in [-0.1, -0.05) is 0 Å². The van der Waals surface area contributed by atoms with Crippen LogP contribution in [0.4, 0.5) is 0 Å². The van der Waals surface area contributed by atoms with E-state index in [0.29, 0.717) is 0 Å². The fourth-order valence-corrected chi connectivity index (χ4v) is 0. The van der Waals surface area contributed by atoms with Crippen LogP contribution >= 0.6 is 0 Å². The number of hydrogen-bond donors (Lipinski definition) is 0. The van der Waals surface area contributed by atoms with Crippen molar-refractivity contribution >= 4 is 75.5 Å². The van der Waals surface area contributed by atoms with Gasteiger partial charge in [0.1, 0.15) is 0 Å². The molecule has 3 nitrogen and oxygen atoms in total. The fourth-order valence-electron chi connectivity index (χ4n) is 0. The molecule has 0 aromatic rings. The van der Waals surface area contributed by atoms with Gasteiger partial charge in [-0.2, -0.15) is 0 Å². The Labute approximate surface area is 90.0 Å². The molecule has 0 aromatic carbocycles. The minimum Gasteiger partial charge on any atom is -0.412 e. The summed E-state index contributed by atoms with van der Waals surface area (Å²) in [5, 5.41) is 0. The molecule has 0 bridgehead atoms. The second kappa shape index (κ2) is 32.4. The van der Waals surface area contributed by atoms with Gasteiger partial charge in [0.05, 0.1) is 0 Å². The maximum atomic E-state index is 0. The van der Waals surface area contributed by atoms with Crippen LogP contribution in [0.1, 0.15) is 0 Å². The summed E-state index contributed by atoms with van der Waals surface area (Å²) >= 11 is 0. The third kappa shape index (κ3) is 21.5. The molecule has 0 fully saturated rings. The van der Waals surface area contributed by atoms with Gasteiger partial charge >= 0.3 is 0 Å². The van der Waals surface area contributed by atoms with Crippen molar-refractivity contribution in [3.63, 3.8) is 0 Å². The monoisotopic (exact) mass is 134 g/mol. The van der Waals surface area contributed by atoms with Crippen molar-refractivity contribution in [3.8, 4) is 0 Å². The minimum atomic E-state index is 0. The first kappa shape index (κ1) is 52.6. The van der Waals surface area contributed by atoms with E-state index in [2.05, 4.69) is 0 Å². The van der Waals surface area contributed by atoms with E-state index in [0.717, 1.165) is 0 Å². The molecule has 0 rings (SSSR count). The molecule has 0 aliphatic carbocycles. The normalized spacial score (nSPS) is 0. The molecule has 0 spiro atoms. The maximum absolute atomic E-state index is 0. The second-order valence-corrected chi connectivity index (χ2v) is 0. The molecule has 0 unspecified atom stereocenters. The first-order valence-corrected chi connectivity index (χ1v) is 0. The Bertz CT molecular complexity index is 4.85. The summed E-state index contributed by atoms with van der Waals surface area (Å²) in [6.07, 6.45) is 0. The Balaban J connectivity index is 0. The van der Waals surface area contributed by atoms with Crippen LogP contribution in [0.25, 0.3) is 0 Å². The van der Waals surface area contributed by atoms with Gasteiger partial charge in [-0.05, 0) is 0 Å². The smallest absolute Gasteiger partial charge is 0 e. The SMILES string of the molecule is O.O.O.[Ca].[Ca]. The van der Waals surface area contributed by atoms with Crippen LogP contribution in [0.5, 0.6) is 0 Å². The molecular weight excluding hydrogens is 128 g/mol. The molecular formula is H6Ca2O3. The van der Waals surface area contributed by atoms with Gasteiger partial charge < -0.3 is 16.4 Å². The molecule has 0 heterocycles. The zero-order valence-electron chi connectivity index (χ0n) is 2.91. The Hall–Kier alpha value is 2.40. The molecule has 0 amide bonds. The molecule has 0 saturated heterocycles. The first-order chi connectivity index (χ1) is 0. The van der Waals surface area contributed by atoms with Crippen LogP contribution < -0.4 is 0 Å². The van der Waals surface area contributed by atoms with Crippen LogP contribution in [0.15, 0.2) is 0 Å². The molecule has 0 atom stereocenters. The van der Waals surface area contributed by atoms with Gasteiger partial charge in [-0.3, -0.25) is 0 Å². The summed E-state index contributed by atoms with van der Waals surface area (Å²) in [7, 11) is 0. The molecule has 5 heteroatoms. The van der Waals surface area contributed by atoms with E-state index in [1.807, 2.05) is 0 Å². The van der Waals surface area contributed by atoms with Gasteiger partial charge in [0.25, 0.3) is 0 Å². The van der Waals surface area contributed by atoms with E-state index >= 15 is 0 Å². The Morgan fingerprint density at radius 1 is 0.400 bits per heavy atom. The van der Waals surface area contributed by atoms with Crippen molar-refractivity contribution in [2.24, 2.45) is 0 Å². The van der Waals surface area contributed by atoms with E-state index in [9.17, 15) is 0 Å². The molecule has 0 aliphatic heterocycles. The predicted molar refractivity (Wildman–Crippen MR) is 22.3 cm³/mol. The molecule has 6 N–H and O–H groups in total. The average molecular weight is 134 g/mol. The van der Waals surface area contributed by atoms with Crippen molar-refractivity contribution in [3.05, 3.63) is 0 Å². The number of rotatable bonds is 0. The van der Waals surface area contributed by atoms with Gasteiger partial charge in [-0.25, -0.2) is 0 Å². The standard InChI is InChI=1S/2Ca.3H2O/h;;3*1H2. The third-order valence-electron chi connectivity index (χ3n) is 0. The predicted octanol–water partition coefficient (Wildman–Crippen LogP) is -3.24. The maximum Gasteiger partial charge on any atom is 0 e. The second-order valence-electron chi connectivity index (χ2n) is 0. The molecule has 4 radical (unpaired) electrons. The molecule has 5 heavy (non-hydrogen) atoms. The fraction of sp³-hybridized carbons (Fsp3) is 0. The van der Waals surface area contributed by atoms with E-state index in [1.54, 1.807) is 0 Å². The average Bonchev–Trinajstić information content (AvgIpc) is 0. The van der Waals surface area contributed by atoms with Crippen molar-refractivity contribution in [2.45, 2.75) is 0 Å². The summed E-state index contributed by atoms with van der Waals surface area (Å²) < 4.78 is 0. The zero-order valence-corrected chi connectivity index (χ0v) is 7.33. The summed E-state index contributed by atoms with van der Waals surface area (Å²) in [5.74, 6) is 0. The van der Waals surface area contributed by atoms with Crippen LogP contribution in [-0.2, 0) is 0 Å². The van der Waals surface area contributed by atoms with E-state index in [-0.39, 0.29) is 91.9 Å². The van der Waals surface area contributed by atoms with Crippen LogP contribution in [0.3, 0.4) is 0 Å². The zero-order chi connectivity index (χ0) is 0. The van der Waals surface area contributed by atoms with E-state index < -0.39 is 0 Å². The summed E-state index contributed by atoms with van der Waals surface area (Å²) in [4.78, 5) is 0. The minimum absolute atomic E-state index is 0. The van der Waals surface area contributed by atoms with Gasteiger partial charge in [0, 0.05) is 75.5 Å². The van der Waals surface area contributed by atoms with Crippen molar-refractivity contribution in [1.82, 2.24) is 0 Å². The summed E-state index contributed by atoms with van der Waals surface area (Å²) in [5.41, 5.74) is 0. The van der Waals surface area contributed by atoms with Crippen molar-refractivity contribution in [1.29, 1.82) is 0 Å². The van der Waals surface area contributed by atoms with Crippen LogP contribution in [0, 0.1) is 0 Å². The third-order valence-corrected chi connectivity index (χ3v) is 0. The molecule has 28 valence electrons. The first-order valence-electron chi connectivity index (χ1n) is 0. The van der Waals surface area contributed by atoms with Crippen molar-refractivity contribution < 1.29 is 16.4 Å². The van der Waals surface area contributed by atoms with E-state index in [4.69, 9.17) is 0 Å². The molecule has 0 saturated carbocycles. The van der Waals surface area contributed by atoms with Crippen LogP contribution in [0.2, 0.25) is 0 Å². The Morgan fingerprint density at radius 3 is 0.400 bits per heavy atom. The van der Waals surface area contributed by atoms with Gasteiger partial charge in [0.2, 0.25) is 0 Å². The van der Waals surface area contributed by atoms with Crippen molar-refractivity contribution in [2.75, 3.05) is 0 Å².